The Hall–Kier alpha value is -4.33. The number of phenolic OH excluding ortho intramolecular Hbond substituents is 1. The van der Waals surface area contributed by atoms with Crippen LogP contribution in [0.25, 0.3) is 0 Å². The summed E-state index contributed by atoms with van der Waals surface area (Å²) in [6, 6.07) is 17.6. The van der Waals surface area contributed by atoms with Crippen molar-refractivity contribution in [2.24, 2.45) is 5.10 Å². The van der Waals surface area contributed by atoms with E-state index in [-0.39, 0.29) is 18.1 Å². The van der Waals surface area contributed by atoms with Gasteiger partial charge in [-0.05, 0) is 48.0 Å². The monoisotopic (exact) mass is 404 g/mol. The third-order valence-corrected chi connectivity index (χ3v) is 4.21. The zero-order valence-electron chi connectivity index (χ0n) is 15.6. The van der Waals surface area contributed by atoms with Gasteiger partial charge in [-0.3, -0.25) is 4.79 Å². The van der Waals surface area contributed by atoms with Crippen LogP contribution in [-0.2, 0) is 0 Å². The lowest BCUT2D eigenvalue weighted by Crippen LogP contribution is -2.17. The van der Waals surface area contributed by atoms with Crippen LogP contribution in [0, 0.1) is 0 Å². The number of hydrogen-bond acceptors (Lipinski definition) is 7. The number of esters is 1. The van der Waals surface area contributed by atoms with Crippen LogP contribution in [0.3, 0.4) is 0 Å². The molecular weight excluding hydrogens is 388 g/mol. The second-order valence-corrected chi connectivity index (χ2v) is 6.25. The first-order chi connectivity index (χ1) is 14.6. The number of amides is 1. The molecule has 0 radical (unpaired) electrons. The van der Waals surface area contributed by atoms with Gasteiger partial charge in [-0.1, -0.05) is 24.3 Å². The summed E-state index contributed by atoms with van der Waals surface area (Å²) in [6.45, 7) is 0.121. The fourth-order valence-electron chi connectivity index (χ4n) is 2.74. The molecule has 1 aliphatic heterocycles. The van der Waals surface area contributed by atoms with E-state index in [9.17, 15) is 14.7 Å². The van der Waals surface area contributed by atoms with Gasteiger partial charge in [-0.15, -0.1) is 0 Å². The van der Waals surface area contributed by atoms with Crippen molar-refractivity contribution in [2.45, 2.75) is 0 Å². The summed E-state index contributed by atoms with van der Waals surface area (Å²) in [7, 11) is 0. The van der Waals surface area contributed by atoms with E-state index in [4.69, 9.17) is 14.2 Å². The number of para-hydroxylation sites is 1. The molecule has 0 fully saturated rings. The Labute approximate surface area is 171 Å². The smallest absolute Gasteiger partial charge is 0.343 e. The molecule has 0 aliphatic carbocycles. The van der Waals surface area contributed by atoms with E-state index < -0.39 is 11.9 Å². The van der Waals surface area contributed by atoms with E-state index in [1.54, 1.807) is 54.6 Å². The molecule has 1 aliphatic rings. The summed E-state index contributed by atoms with van der Waals surface area (Å²) in [5, 5.41) is 13.6. The molecule has 4 rings (SSSR count). The summed E-state index contributed by atoms with van der Waals surface area (Å²) in [5.74, 6) is 0.155. The minimum absolute atomic E-state index is 0.112. The Bertz CT molecular complexity index is 1140. The molecule has 8 heteroatoms. The maximum atomic E-state index is 12.4. The highest BCUT2D eigenvalue weighted by molar-refractivity contribution is 5.97. The highest BCUT2D eigenvalue weighted by Gasteiger charge is 2.17. The van der Waals surface area contributed by atoms with Crippen molar-refractivity contribution in [3.8, 4) is 23.0 Å². The number of fused-ring (bicyclic) bond motifs is 1. The fraction of sp³-hybridized carbons (Fsp3) is 0.0455. The van der Waals surface area contributed by atoms with Crippen molar-refractivity contribution >= 4 is 18.1 Å². The average molecular weight is 404 g/mol. The number of rotatable bonds is 5. The van der Waals surface area contributed by atoms with E-state index in [2.05, 4.69) is 10.5 Å². The first-order valence-corrected chi connectivity index (χ1v) is 8.93. The van der Waals surface area contributed by atoms with Crippen LogP contribution >= 0.6 is 0 Å². The molecule has 3 aromatic carbocycles. The average Bonchev–Trinajstić information content (AvgIpc) is 3.22. The van der Waals surface area contributed by atoms with Gasteiger partial charge in [0, 0.05) is 0 Å². The van der Waals surface area contributed by atoms with Crippen molar-refractivity contribution in [3.63, 3.8) is 0 Å². The first kappa shape index (κ1) is 19.0. The number of phenols is 1. The molecule has 1 amide bonds. The van der Waals surface area contributed by atoms with Crippen LogP contribution in [0.2, 0.25) is 0 Å². The Morgan fingerprint density at radius 2 is 1.83 bits per heavy atom. The third kappa shape index (κ3) is 4.22. The normalized spacial score (nSPS) is 12.0. The molecule has 0 spiro atoms. The van der Waals surface area contributed by atoms with Crippen molar-refractivity contribution in [1.29, 1.82) is 0 Å². The maximum absolute atomic E-state index is 12.4. The molecule has 0 atom stereocenters. The van der Waals surface area contributed by atoms with Crippen LogP contribution in [0.4, 0.5) is 0 Å². The molecule has 8 nitrogen and oxygen atoms in total. The van der Waals surface area contributed by atoms with Crippen LogP contribution in [-0.4, -0.2) is 30.0 Å². The van der Waals surface area contributed by atoms with Gasteiger partial charge in [0.25, 0.3) is 5.91 Å². The topological polar surface area (TPSA) is 106 Å². The van der Waals surface area contributed by atoms with Crippen molar-refractivity contribution in [1.82, 2.24) is 5.43 Å². The molecule has 0 saturated carbocycles. The standard InChI is InChI=1S/C22H16N2O6/c25-18-7-2-1-6-17(18)21(26)24-23-12-14-4-3-5-16(10-14)30-22(27)15-8-9-19-20(11-15)29-13-28-19/h1-12,25H,13H2,(H,24,26)/b23-12+. The number of carbonyl (C=O) groups excluding carboxylic acids is 2. The molecule has 0 unspecified atom stereocenters. The lowest BCUT2D eigenvalue weighted by Gasteiger charge is -2.06. The lowest BCUT2D eigenvalue weighted by atomic mass is 10.2. The van der Waals surface area contributed by atoms with Gasteiger partial charge in [0.15, 0.2) is 11.5 Å². The fourth-order valence-corrected chi connectivity index (χ4v) is 2.74. The van der Waals surface area contributed by atoms with Crippen LogP contribution < -0.4 is 19.6 Å². The first-order valence-electron chi connectivity index (χ1n) is 8.93. The molecule has 3 aromatic rings. The largest absolute Gasteiger partial charge is 0.507 e. The van der Waals surface area contributed by atoms with E-state index in [1.807, 2.05) is 0 Å². The van der Waals surface area contributed by atoms with Gasteiger partial charge < -0.3 is 19.3 Å². The highest BCUT2D eigenvalue weighted by Crippen LogP contribution is 2.32. The second kappa shape index (κ2) is 8.36. The quantitative estimate of drug-likeness (QED) is 0.293. The maximum Gasteiger partial charge on any atom is 0.343 e. The summed E-state index contributed by atoms with van der Waals surface area (Å²) in [6.07, 6.45) is 1.40. The van der Waals surface area contributed by atoms with E-state index in [1.165, 1.54) is 18.3 Å². The minimum Gasteiger partial charge on any atom is -0.507 e. The zero-order chi connectivity index (χ0) is 20.9. The van der Waals surface area contributed by atoms with Crippen LogP contribution in [0.1, 0.15) is 26.3 Å². The number of hydrazone groups is 1. The number of nitrogens with zero attached hydrogens (tertiary/aromatic N) is 1. The van der Waals surface area contributed by atoms with E-state index in [0.717, 1.165) is 0 Å². The van der Waals surface area contributed by atoms with Crippen LogP contribution in [0.15, 0.2) is 71.8 Å². The highest BCUT2D eigenvalue weighted by atomic mass is 16.7. The predicted molar refractivity (Wildman–Crippen MR) is 107 cm³/mol. The van der Waals surface area contributed by atoms with Gasteiger partial charge in [0.05, 0.1) is 17.3 Å². The van der Waals surface area contributed by atoms with E-state index >= 15 is 0 Å². The molecule has 1 heterocycles. The summed E-state index contributed by atoms with van der Waals surface area (Å²) in [5.41, 5.74) is 3.37. The van der Waals surface area contributed by atoms with Crippen molar-refractivity contribution < 1.29 is 28.9 Å². The molecular formula is C22H16N2O6. The lowest BCUT2D eigenvalue weighted by molar-refractivity contribution is 0.0734. The minimum atomic E-state index is -0.547. The molecule has 0 bridgehead atoms. The predicted octanol–water partition coefficient (Wildman–Crippen LogP) is 3.10. The second-order valence-electron chi connectivity index (χ2n) is 6.25. The number of benzene rings is 3. The van der Waals surface area contributed by atoms with Gasteiger partial charge >= 0.3 is 5.97 Å². The van der Waals surface area contributed by atoms with Gasteiger partial charge in [0.2, 0.25) is 6.79 Å². The third-order valence-electron chi connectivity index (χ3n) is 4.21. The van der Waals surface area contributed by atoms with Crippen LogP contribution in [0.5, 0.6) is 23.0 Å². The van der Waals surface area contributed by atoms with Crippen molar-refractivity contribution in [2.75, 3.05) is 6.79 Å². The van der Waals surface area contributed by atoms with Gasteiger partial charge in [-0.2, -0.15) is 5.10 Å². The molecule has 30 heavy (non-hydrogen) atoms. The number of nitrogens with one attached hydrogen (secondary N) is 1. The number of hydrogen-bond donors (Lipinski definition) is 2. The summed E-state index contributed by atoms with van der Waals surface area (Å²) >= 11 is 0. The van der Waals surface area contributed by atoms with Crippen molar-refractivity contribution in [3.05, 3.63) is 83.4 Å². The summed E-state index contributed by atoms with van der Waals surface area (Å²) < 4.78 is 15.9. The molecule has 0 aromatic heterocycles. The van der Waals surface area contributed by atoms with Gasteiger partial charge in [0.1, 0.15) is 11.5 Å². The van der Waals surface area contributed by atoms with E-state index in [0.29, 0.717) is 28.4 Å². The number of ether oxygens (including phenoxy) is 3. The summed E-state index contributed by atoms with van der Waals surface area (Å²) in [4.78, 5) is 24.4. The number of carbonyl (C=O) groups is 2. The van der Waals surface area contributed by atoms with Gasteiger partial charge in [-0.25, -0.2) is 10.2 Å². The zero-order valence-corrected chi connectivity index (χ0v) is 15.6. The Balaban J connectivity index is 1.40. The Morgan fingerprint density at radius 3 is 2.70 bits per heavy atom. The number of aromatic hydroxyl groups is 1. The Morgan fingerprint density at radius 1 is 1.00 bits per heavy atom. The molecule has 2 N–H and O–H groups in total. The molecule has 150 valence electrons. The Kier molecular flexibility index (Phi) is 5.29. The SMILES string of the molecule is O=C(Oc1cccc(/C=N/NC(=O)c2ccccc2O)c1)c1ccc2c(c1)OCO2. The molecule has 0 saturated heterocycles.